The summed E-state index contributed by atoms with van der Waals surface area (Å²) in [4.78, 5) is 21.1. The zero-order valence-corrected chi connectivity index (χ0v) is 11.0. The molecule has 1 fully saturated rings. The molecule has 0 radical (unpaired) electrons. The highest BCUT2D eigenvalue weighted by Gasteiger charge is 2.67. The number of aliphatic hydroxyl groups is 3. The first kappa shape index (κ1) is 16.1. The van der Waals surface area contributed by atoms with Crippen LogP contribution < -0.4 is 4.74 Å². The molecule has 10 heteroatoms. The molecule has 1 aromatic carbocycles. The predicted octanol–water partition coefficient (Wildman–Crippen LogP) is -1.44. The van der Waals surface area contributed by atoms with Gasteiger partial charge < -0.3 is 25.2 Å². The second-order valence-electron chi connectivity index (χ2n) is 4.61. The highest BCUT2D eigenvalue weighted by Crippen LogP contribution is 2.33. The van der Waals surface area contributed by atoms with Gasteiger partial charge in [0, 0.05) is 0 Å². The van der Waals surface area contributed by atoms with Crippen molar-refractivity contribution in [3.05, 3.63) is 40.4 Å². The molecule has 0 spiro atoms. The molecule has 0 aliphatic carbocycles. The van der Waals surface area contributed by atoms with E-state index in [1.165, 1.54) is 24.3 Å². The normalized spacial score (nSPS) is 34.9. The largest absolute Gasteiger partial charge is 0.514 e. The lowest BCUT2D eigenvalue weighted by Gasteiger charge is -2.40. The molecule has 0 bridgehead atoms. The summed E-state index contributed by atoms with van der Waals surface area (Å²) in [6.07, 6.45) is -8.66. The van der Waals surface area contributed by atoms with Gasteiger partial charge in [-0.1, -0.05) is 18.2 Å². The zero-order chi connectivity index (χ0) is 16.5. The molecule has 5 atom stereocenters. The maximum absolute atomic E-state index is 11.3. The fourth-order valence-electron chi connectivity index (χ4n) is 2.03. The van der Waals surface area contributed by atoms with Gasteiger partial charge in [0.15, 0.2) is 6.10 Å². The number of aliphatic hydroxyl groups excluding tert-OH is 3. The van der Waals surface area contributed by atoms with Gasteiger partial charge in [0.1, 0.15) is 22.9 Å². The number of rotatable bonds is 4. The summed E-state index contributed by atoms with van der Waals surface area (Å²) in [5.74, 6) is -4.91. The van der Waals surface area contributed by atoms with Crippen LogP contribution in [0.5, 0.6) is 5.75 Å². The minimum atomic E-state index is -3.07. The van der Waals surface area contributed by atoms with Gasteiger partial charge in [0.25, 0.3) is 0 Å². The van der Waals surface area contributed by atoms with Crippen molar-refractivity contribution in [2.45, 2.75) is 30.3 Å². The summed E-state index contributed by atoms with van der Waals surface area (Å²) in [6.45, 7) is 0. The Bertz CT molecular complexity index is 565. The van der Waals surface area contributed by atoms with E-state index in [1.54, 1.807) is 6.07 Å². The number of para-hydroxylation sites is 1. The number of aliphatic carboxylic acids is 1. The predicted molar refractivity (Wildman–Crippen MR) is 67.3 cm³/mol. The molecule has 1 aliphatic rings. The first-order valence-corrected chi connectivity index (χ1v) is 6.13. The average Bonchev–Trinajstić information content (AvgIpc) is 2.48. The van der Waals surface area contributed by atoms with Crippen LogP contribution in [-0.4, -0.2) is 61.6 Å². The Morgan fingerprint density at radius 3 is 2.32 bits per heavy atom. The summed E-state index contributed by atoms with van der Waals surface area (Å²) in [5, 5.41) is 49.4. The Balaban J connectivity index is 2.43. The van der Waals surface area contributed by atoms with Crippen LogP contribution in [0.3, 0.4) is 0 Å². The summed E-state index contributed by atoms with van der Waals surface area (Å²) in [5.41, 5.74) is 0. The number of hydrogen-bond donors (Lipinski definition) is 4. The third kappa shape index (κ3) is 2.60. The number of carbonyl (C=O) groups is 1. The van der Waals surface area contributed by atoms with Crippen molar-refractivity contribution >= 4 is 5.97 Å². The van der Waals surface area contributed by atoms with Crippen LogP contribution in [0, 0.1) is 10.1 Å². The van der Waals surface area contributed by atoms with E-state index in [9.17, 15) is 30.2 Å². The topological polar surface area (TPSA) is 160 Å². The molecule has 22 heavy (non-hydrogen) atoms. The van der Waals surface area contributed by atoms with Crippen LogP contribution in [0.15, 0.2) is 30.3 Å². The summed E-state index contributed by atoms with van der Waals surface area (Å²) >= 11 is 0. The SMILES string of the molecule is O=C(O)[C@H]1O[C@](Oc2ccccc2)([N+](=O)[O-])[C@H](O)[C@@H](O)[C@@H]1O. The number of carboxylic acids is 1. The van der Waals surface area contributed by atoms with E-state index in [0.717, 1.165) is 0 Å². The zero-order valence-electron chi connectivity index (χ0n) is 11.0. The molecule has 0 amide bonds. The molecule has 0 aromatic heterocycles. The van der Waals surface area contributed by atoms with Gasteiger partial charge in [-0.15, -0.1) is 0 Å². The van der Waals surface area contributed by atoms with Crippen molar-refractivity contribution in [1.82, 2.24) is 0 Å². The smallest absolute Gasteiger partial charge is 0.479 e. The minimum absolute atomic E-state index is 0.0917. The first-order valence-electron chi connectivity index (χ1n) is 6.13. The number of hydrogen-bond acceptors (Lipinski definition) is 8. The van der Waals surface area contributed by atoms with Gasteiger partial charge in [0.05, 0.1) is 0 Å². The fraction of sp³-hybridized carbons (Fsp3) is 0.417. The molecule has 4 N–H and O–H groups in total. The molecule has 2 rings (SSSR count). The van der Waals surface area contributed by atoms with E-state index >= 15 is 0 Å². The maximum atomic E-state index is 11.3. The van der Waals surface area contributed by atoms with Gasteiger partial charge in [0.2, 0.25) is 6.10 Å². The van der Waals surface area contributed by atoms with E-state index in [1.807, 2.05) is 0 Å². The molecular formula is C12H13NO9. The van der Waals surface area contributed by atoms with Crippen molar-refractivity contribution in [3.63, 3.8) is 0 Å². The van der Waals surface area contributed by atoms with E-state index in [2.05, 4.69) is 0 Å². The lowest BCUT2D eigenvalue weighted by atomic mass is 9.96. The van der Waals surface area contributed by atoms with Crippen molar-refractivity contribution in [2.24, 2.45) is 0 Å². The van der Waals surface area contributed by atoms with E-state index in [0.29, 0.717) is 0 Å². The molecule has 120 valence electrons. The second kappa shape index (κ2) is 5.85. The van der Waals surface area contributed by atoms with Crippen LogP contribution in [0.1, 0.15) is 0 Å². The van der Waals surface area contributed by atoms with Gasteiger partial charge in [-0.3, -0.25) is 14.9 Å². The average molecular weight is 315 g/mol. The Morgan fingerprint density at radius 1 is 1.23 bits per heavy atom. The van der Waals surface area contributed by atoms with Gasteiger partial charge in [-0.25, -0.2) is 4.79 Å². The molecule has 10 nitrogen and oxygen atoms in total. The maximum Gasteiger partial charge on any atom is 0.514 e. The number of benzene rings is 1. The van der Waals surface area contributed by atoms with Crippen LogP contribution in [-0.2, 0) is 9.53 Å². The van der Waals surface area contributed by atoms with Crippen molar-refractivity contribution in [1.29, 1.82) is 0 Å². The Morgan fingerprint density at radius 2 is 1.82 bits per heavy atom. The number of ether oxygens (including phenoxy) is 2. The summed E-state index contributed by atoms with van der Waals surface area (Å²) < 4.78 is 9.73. The van der Waals surface area contributed by atoms with Crippen molar-refractivity contribution < 1.29 is 39.6 Å². The molecule has 1 saturated heterocycles. The Kier molecular flexibility index (Phi) is 4.28. The van der Waals surface area contributed by atoms with E-state index in [4.69, 9.17) is 14.6 Å². The van der Waals surface area contributed by atoms with E-state index in [-0.39, 0.29) is 5.75 Å². The highest BCUT2D eigenvalue weighted by atomic mass is 16.8. The quantitative estimate of drug-likeness (QED) is 0.296. The lowest BCUT2D eigenvalue weighted by molar-refractivity contribution is -0.704. The lowest BCUT2D eigenvalue weighted by Crippen LogP contribution is -2.71. The van der Waals surface area contributed by atoms with Crippen LogP contribution in [0.25, 0.3) is 0 Å². The van der Waals surface area contributed by atoms with Crippen molar-refractivity contribution in [2.75, 3.05) is 0 Å². The Labute approximate surface area is 123 Å². The first-order chi connectivity index (χ1) is 10.3. The van der Waals surface area contributed by atoms with E-state index < -0.39 is 41.2 Å². The molecule has 0 unspecified atom stereocenters. The van der Waals surface area contributed by atoms with Crippen molar-refractivity contribution in [3.8, 4) is 5.75 Å². The molecule has 0 saturated carbocycles. The fourth-order valence-corrected chi connectivity index (χ4v) is 2.03. The van der Waals surface area contributed by atoms with Crippen LogP contribution in [0.2, 0.25) is 0 Å². The molecule has 1 aromatic rings. The molecular weight excluding hydrogens is 302 g/mol. The number of carboxylic acid groups (broad SMARTS) is 1. The van der Waals surface area contributed by atoms with Gasteiger partial charge >= 0.3 is 11.9 Å². The molecule has 1 heterocycles. The minimum Gasteiger partial charge on any atom is -0.479 e. The third-order valence-corrected chi connectivity index (χ3v) is 3.16. The van der Waals surface area contributed by atoms with Gasteiger partial charge in [-0.05, 0) is 12.1 Å². The van der Waals surface area contributed by atoms with Gasteiger partial charge in [-0.2, -0.15) is 0 Å². The Hall–Kier alpha value is -2.27. The summed E-state index contributed by atoms with van der Waals surface area (Å²) in [6, 6.07) is 7.20. The molecule has 1 aliphatic heterocycles. The standard InChI is InChI=1S/C12H13NO9/c14-7-8(15)10(16)12(13(19)20,22-9(7)11(17)18)21-6-4-2-1-3-5-6/h1-5,7-10,14-16H,(H,17,18)/t7-,8-,9-,10+,12-/m0/s1. The number of nitrogens with zero attached hydrogens (tertiary/aromatic N) is 1. The highest BCUT2D eigenvalue weighted by molar-refractivity contribution is 5.73. The third-order valence-electron chi connectivity index (χ3n) is 3.16. The summed E-state index contributed by atoms with van der Waals surface area (Å²) in [7, 11) is 0. The monoisotopic (exact) mass is 315 g/mol. The second-order valence-corrected chi connectivity index (χ2v) is 4.61. The van der Waals surface area contributed by atoms with Crippen LogP contribution in [0.4, 0.5) is 0 Å². The number of nitro groups is 1. The van der Waals surface area contributed by atoms with Crippen LogP contribution >= 0.6 is 0 Å².